The van der Waals surface area contributed by atoms with Crippen LogP contribution in [-0.2, 0) is 29.0 Å². The number of nitrogens with zero attached hydrogens (tertiary/aromatic N) is 3. The van der Waals surface area contributed by atoms with Crippen LogP contribution in [0.1, 0.15) is 47.8 Å². The number of fused-ring (bicyclic) bond motifs is 1. The zero-order valence-corrected chi connectivity index (χ0v) is 17.9. The second-order valence-corrected chi connectivity index (χ2v) is 8.39. The van der Waals surface area contributed by atoms with Crippen molar-refractivity contribution in [1.82, 2.24) is 19.8 Å². The van der Waals surface area contributed by atoms with Gasteiger partial charge in [-0.1, -0.05) is 12.1 Å². The number of benzene rings is 1. The lowest BCUT2D eigenvalue weighted by Crippen LogP contribution is -2.41. The molecule has 0 aliphatic carbocycles. The maximum Gasteiger partial charge on any atom is 0.256 e. The fourth-order valence-corrected chi connectivity index (χ4v) is 4.47. The Morgan fingerprint density at radius 3 is 2.87 bits per heavy atom. The van der Waals surface area contributed by atoms with Crippen LogP contribution in [0.4, 0.5) is 4.39 Å². The molecule has 1 N–H and O–H groups in total. The first-order valence-electron chi connectivity index (χ1n) is 10.9. The number of carbonyl (C=O) groups excluding carboxylic acids is 1. The molecule has 0 spiro atoms. The number of halogens is 1. The lowest BCUT2D eigenvalue weighted by Gasteiger charge is -2.33. The molecule has 0 unspecified atom stereocenters. The van der Waals surface area contributed by atoms with E-state index in [9.17, 15) is 14.0 Å². The summed E-state index contributed by atoms with van der Waals surface area (Å²) >= 11 is 0. The Balaban J connectivity index is 1.44. The molecule has 1 aromatic heterocycles. The molecule has 31 heavy (non-hydrogen) atoms. The molecule has 8 heteroatoms. The first-order chi connectivity index (χ1) is 15.0. The van der Waals surface area contributed by atoms with Crippen molar-refractivity contribution in [1.29, 1.82) is 0 Å². The van der Waals surface area contributed by atoms with E-state index in [1.54, 1.807) is 12.0 Å². The number of nitrogens with one attached hydrogen (secondary N) is 1. The summed E-state index contributed by atoms with van der Waals surface area (Å²) in [7, 11) is 1.57. The standard InChI is InChI=1S/C23H29FN4O3/c1-31-12-9-21(29)28-11-8-20-19(15-28)23(30)26-22(25-20)17-3-2-10-27(14-17)13-16-4-6-18(24)7-5-16/h4-7,17H,2-3,8-15H2,1H3,(H,25,26,30)/t17-/m0/s1. The van der Waals surface area contributed by atoms with Crippen LogP contribution >= 0.6 is 0 Å². The SMILES string of the molecule is COCCC(=O)N1CCc2nc([C@H]3CCCN(Cc4ccc(F)cc4)C3)[nH]c(=O)c2C1. The van der Waals surface area contributed by atoms with Crippen molar-refractivity contribution in [2.45, 2.75) is 44.7 Å². The number of hydrogen-bond donors (Lipinski definition) is 1. The molecule has 1 amide bonds. The number of rotatable bonds is 6. The zero-order valence-electron chi connectivity index (χ0n) is 17.9. The third-order valence-electron chi connectivity index (χ3n) is 6.17. The van der Waals surface area contributed by atoms with Crippen molar-refractivity contribution in [3.63, 3.8) is 0 Å². The number of ether oxygens (including phenoxy) is 1. The van der Waals surface area contributed by atoms with Gasteiger partial charge in [0.1, 0.15) is 11.6 Å². The predicted octanol–water partition coefficient (Wildman–Crippen LogP) is 2.21. The van der Waals surface area contributed by atoms with Gasteiger partial charge in [0.2, 0.25) is 5.91 Å². The van der Waals surface area contributed by atoms with E-state index in [1.807, 2.05) is 12.1 Å². The molecular formula is C23H29FN4O3. The number of piperidine rings is 1. The van der Waals surface area contributed by atoms with E-state index >= 15 is 0 Å². The molecule has 2 aliphatic rings. The second-order valence-electron chi connectivity index (χ2n) is 8.39. The number of aromatic nitrogens is 2. The number of methoxy groups -OCH3 is 1. The number of carbonyl (C=O) groups is 1. The van der Waals surface area contributed by atoms with Gasteiger partial charge in [-0.25, -0.2) is 9.37 Å². The number of amides is 1. The largest absolute Gasteiger partial charge is 0.384 e. The molecule has 166 valence electrons. The summed E-state index contributed by atoms with van der Waals surface area (Å²) < 4.78 is 18.1. The minimum absolute atomic E-state index is 0.000285. The normalized spacial score (nSPS) is 19.3. The summed E-state index contributed by atoms with van der Waals surface area (Å²) in [5.41, 5.74) is 2.34. The highest BCUT2D eigenvalue weighted by Gasteiger charge is 2.28. The van der Waals surface area contributed by atoms with Gasteiger partial charge in [-0.05, 0) is 37.1 Å². The summed E-state index contributed by atoms with van der Waals surface area (Å²) in [5.74, 6) is 0.676. The van der Waals surface area contributed by atoms with Gasteiger partial charge in [0.15, 0.2) is 0 Å². The lowest BCUT2D eigenvalue weighted by molar-refractivity contribution is -0.133. The van der Waals surface area contributed by atoms with Crippen molar-refractivity contribution >= 4 is 5.91 Å². The van der Waals surface area contributed by atoms with Gasteiger partial charge in [-0.15, -0.1) is 0 Å². The highest BCUT2D eigenvalue weighted by Crippen LogP contribution is 2.26. The smallest absolute Gasteiger partial charge is 0.256 e. The average Bonchev–Trinajstić information content (AvgIpc) is 2.79. The number of H-pyrrole nitrogens is 1. The topological polar surface area (TPSA) is 78.5 Å². The maximum absolute atomic E-state index is 13.2. The first kappa shape index (κ1) is 21.6. The van der Waals surface area contributed by atoms with E-state index < -0.39 is 0 Å². The molecular weight excluding hydrogens is 399 g/mol. The van der Waals surface area contributed by atoms with Gasteiger partial charge in [0.05, 0.1) is 30.8 Å². The predicted molar refractivity (Wildman–Crippen MR) is 114 cm³/mol. The van der Waals surface area contributed by atoms with E-state index in [0.29, 0.717) is 38.1 Å². The Hall–Kier alpha value is -2.58. The van der Waals surface area contributed by atoms with Crippen molar-refractivity contribution in [3.05, 3.63) is 63.1 Å². The molecule has 3 heterocycles. The van der Waals surface area contributed by atoms with Crippen LogP contribution in [0.5, 0.6) is 0 Å². The average molecular weight is 429 g/mol. The summed E-state index contributed by atoms with van der Waals surface area (Å²) in [6, 6.07) is 6.61. The minimum atomic E-state index is -0.227. The molecule has 1 aromatic carbocycles. The van der Waals surface area contributed by atoms with Gasteiger partial charge in [-0.2, -0.15) is 0 Å². The van der Waals surface area contributed by atoms with Crippen LogP contribution in [0.25, 0.3) is 0 Å². The van der Waals surface area contributed by atoms with Crippen LogP contribution in [-0.4, -0.2) is 59.0 Å². The number of likely N-dealkylation sites (tertiary alicyclic amines) is 1. The maximum atomic E-state index is 13.2. The monoisotopic (exact) mass is 428 g/mol. The Morgan fingerprint density at radius 2 is 2.10 bits per heavy atom. The van der Waals surface area contributed by atoms with Crippen molar-refractivity contribution in [2.75, 3.05) is 33.4 Å². The van der Waals surface area contributed by atoms with Gasteiger partial charge in [0, 0.05) is 39.1 Å². The Bertz CT molecular complexity index is 976. The van der Waals surface area contributed by atoms with Crippen LogP contribution in [0.3, 0.4) is 0 Å². The molecule has 1 fully saturated rings. The van der Waals surface area contributed by atoms with Crippen molar-refractivity contribution in [3.8, 4) is 0 Å². The van der Waals surface area contributed by atoms with E-state index in [2.05, 4.69) is 9.88 Å². The Morgan fingerprint density at radius 1 is 1.29 bits per heavy atom. The second kappa shape index (κ2) is 9.70. The molecule has 0 bridgehead atoms. The van der Waals surface area contributed by atoms with E-state index in [1.165, 1.54) is 12.1 Å². The van der Waals surface area contributed by atoms with Crippen molar-refractivity contribution in [2.24, 2.45) is 0 Å². The summed E-state index contributed by atoms with van der Waals surface area (Å²) in [5, 5.41) is 0. The summed E-state index contributed by atoms with van der Waals surface area (Å²) in [4.78, 5) is 36.9. The molecule has 0 saturated carbocycles. The number of hydrogen-bond acceptors (Lipinski definition) is 5. The quantitative estimate of drug-likeness (QED) is 0.763. The highest BCUT2D eigenvalue weighted by molar-refractivity contribution is 5.76. The van der Waals surface area contributed by atoms with Gasteiger partial charge < -0.3 is 14.6 Å². The van der Waals surface area contributed by atoms with Crippen LogP contribution < -0.4 is 5.56 Å². The fourth-order valence-electron chi connectivity index (χ4n) is 4.47. The van der Waals surface area contributed by atoms with Gasteiger partial charge in [-0.3, -0.25) is 14.5 Å². The molecule has 7 nitrogen and oxygen atoms in total. The lowest BCUT2D eigenvalue weighted by atomic mass is 9.96. The van der Waals surface area contributed by atoms with Crippen LogP contribution in [0.15, 0.2) is 29.1 Å². The van der Waals surface area contributed by atoms with Crippen molar-refractivity contribution < 1.29 is 13.9 Å². The fraction of sp³-hybridized carbons (Fsp3) is 0.522. The van der Waals surface area contributed by atoms with Crippen LogP contribution in [0.2, 0.25) is 0 Å². The molecule has 1 saturated heterocycles. The first-order valence-corrected chi connectivity index (χ1v) is 10.9. The molecule has 2 aromatic rings. The number of aromatic amines is 1. The van der Waals surface area contributed by atoms with Gasteiger partial charge >= 0.3 is 0 Å². The summed E-state index contributed by atoms with van der Waals surface area (Å²) in [6.07, 6.45) is 2.91. The minimum Gasteiger partial charge on any atom is -0.384 e. The van der Waals surface area contributed by atoms with E-state index in [-0.39, 0.29) is 23.2 Å². The molecule has 4 rings (SSSR count). The molecule has 2 aliphatic heterocycles. The van der Waals surface area contributed by atoms with E-state index in [4.69, 9.17) is 9.72 Å². The third-order valence-corrected chi connectivity index (χ3v) is 6.17. The highest BCUT2D eigenvalue weighted by atomic mass is 19.1. The third kappa shape index (κ3) is 5.19. The molecule has 1 atom stereocenters. The zero-order chi connectivity index (χ0) is 21.8. The van der Waals surface area contributed by atoms with E-state index in [0.717, 1.165) is 49.6 Å². The molecule has 0 radical (unpaired) electrons. The Kier molecular flexibility index (Phi) is 6.77. The Labute approximate surface area is 181 Å². The van der Waals surface area contributed by atoms with Crippen LogP contribution in [0, 0.1) is 5.82 Å². The van der Waals surface area contributed by atoms with Gasteiger partial charge in [0.25, 0.3) is 5.56 Å². The summed E-state index contributed by atoms with van der Waals surface area (Å²) in [6.45, 7) is 3.80.